The summed E-state index contributed by atoms with van der Waals surface area (Å²) in [7, 11) is 1.60. The lowest BCUT2D eigenvalue weighted by Crippen LogP contribution is -2.39. The van der Waals surface area contributed by atoms with E-state index in [0.29, 0.717) is 13.2 Å². The van der Waals surface area contributed by atoms with Gasteiger partial charge >= 0.3 is 5.97 Å². The Balaban J connectivity index is 4.47. The number of hydrogen-bond acceptors (Lipinski definition) is 3. The predicted molar refractivity (Wildman–Crippen MR) is 51.5 cm³/mol. The van der Waals surface area contributed by atoms with E-state index in [4.69, 9.17) is 9.47 Å². The van der Waals surface area contributed by atoms with E-state index in [9.17, 15) is 4.79 Å². The minimum Gasteiger partial charge on any atom is -0.465 e. The van der Waals surface area contributed by atoms with E-state index in [2.05, 4.69) is 0 Å². The first-order valence-corrected chi connectivity index (χ1v) is 4.65. The van der Waals surface area contributed by atoms with E-state index < -0.39 is 5.41 Å². The first kappa shape index (κ1) is 12.4. The Morgan fingerprint density at radius 3 is 2.31 bits per heavy atom. The van der Waals surface area contributed by atoms with E-state index >= 15 is 0 Å². The van der Waals surface area contributed by atoms with Crippen LogP contribution in [-0.4, -0.2) is 26.3 Å². The molecular formula is C10H20O3. The van der Waals surface area contributed by atoms with Crippen molar-refractivity contribution in [3.63, 3.8) is 0 Å². The summed E-state index contributed by atoms with van der Waals surface area (Å²) in [4.78, 5) is 11.6. The molecule has 3 nitrogen and oxygen atoms in total. The third-order valence-corrected chi connectivity index (χ3v) is 2.46. The van der Waals surface area contributed by atoms with Crippen molar-refractivity contribution in [2.75, 3.05) is 20.3 Å². The Morgan fingerprint density at radius 1 is 1.46 bits per heavy atom. The zero-order valence-electron chi connectivity index (χ0n) is 9.22. The molecule has 0 radical (unpaired) electrons. The highest BCUT2D eigenvalue weighted by Crippen LogP contribution is 2.28. The van der Waals surface area contributed by atoms with E-state index in [-0.39, 0.29) is 11.9 Å². The molecule has 0 amide bonds. The SMILES string of the molecule is CCOC(=O)C(C)(COC)C(C)C. The predicted octanol–water partition coefficient (Wildman–Crippen LogP) is 1.86. The molecular weight excluding hydrogens is 168 g/mol. The summed E-state index contributed by atoms with van der Waals surface area (Å²) in [5.41, 5.74) is -0.523. The summed E-state index contributed by atoms with van der Waals surface area (Å²) in [6.45, 7) is 8.50. The molecule has 0 bridgehead atoms. The fourth-order valence-electron chi connectivity index (χ4n) is 1.06. The number of ether oxygens (including phenoxy) is 2. The van der Waals surface area contributed by atoms with Crippen LogP contribution in [0.15, 0.2) is 0 Å². The van der Waals surface area contributed by atoms with Crippen LogP contribution in [0.4, 0.5) is 0 Å². The molecule has 0 saturated carbocycles. The Labute approximate surface area is 80.4 Å². The zero-order valence-corrected chi connectivity index (χ0v) is 9.22. The van der Waals surface area contributed by atoms with Crippen molar-refractivity contribution in [2.24, 2.45) is 11.3 Å². The normalized spacial score (nSPS) is 15.5. The lowest BCUT2D eigenvalue weighted by molar-refractivity contribution is -0.160. The Morgan fingerprint density at radius 2 is 2.00 bits per heavy atom. The number of carbonyl (C=O) groups is 1. The Bertz CT molecular complexity index is 166. The van der Waals surface area contributed by atoms with Crippen molar-refractivity contribution in [2.45, 2.75) is 27.7 Å². The van der Waals surface area contributed by atoms with Crippen LogP contribution >= 0.6 is 0 Å². The number of hydrogen-bond donors (Lipinski definition) is 0. The van der Waals surface area contributed by atoms with Gasteiger partial charge in [0.15, 0.2) is 0 Å². The van der Waals surface area contributed by atoms with Gasteiger partial charge in [-0.2, -0.15) is 0 Å². The van der Waals surface area contributed by atoms with Gasteiger partial charge < -0.3 is 9.47 Å². The molecule has 0 aliphatic carbocycles. The molecule has 0 spiro atoms. The molecule has 78 valence electrons. The molecule has 0 rings (SSSR count). The first-order valence-electron chi connectivity index (χ1n) is 4.65. The van der Waals surface area contributed by atoms with Gasteiger partial charge in [-0.1, -0.05) is 13.8 Å². The highest BCUT2D eigenvalue weighted by molar-refractivity contribution is 5.76. The van der Waals surface area contributed by atoms with Gasteiger partial charge in [0.05, 0.1) is 18.6 Å². The molecule has 0 N–H and O–H groups in total. The smallest absolute Gasteiger partial charge is 0.314 e. The van der Waals surface area contributed by atoms with Crippen LogP contribution in [0.1, 0.15) is 27.7 Å². The summed E-state index contributed by atoms with van der Waals surface area (Å²) in [5, 5.41) is 0. The number of esters is 1. The molecule has 13 heavy (non-hydrogen) atoms. The van der Waals surface area contributed by atoms with Crippen LogP contribution in [-0.2, 0) is 14.3 Å². The number of methoxy groups -OCH3 is 1. The van der Waals surface area contributed by atoms with Crippen LogP contribution < -0.4 is 0 Å². The lowest BCUT2D eigenvalue weighted by Gasteiger charge is -2.30. The molecule has 0 aliphatic rings. The van der Waals surface area contributed by atoms with Crippen molar-refractivity contribution in [1.29, 1.82) is 0 Å². The van der Waals surface area contributed by atoms with E-state index in [1.807, 2.05) is 27.7 Å². The minimum absolute atomic E-state index is 0.174. The van der Waals surface area contributed by atoms with Gasteiger partial charge in [0.2, 0.25) is 0 Å². The molecule has 1 atom stereocenters. The van der Waals surface area contributed by atoms with E-state index in [1.54, 1.807) is 7.11 Å². The van der Waals surface area contributed by atoms with Crippen LogP contribution in [0.25, 0.3) is 0 Å². The van der Waals surface area contributed by atoms with E-state index in [0.717, 1.165) is 0 Å². The van der Waals surface area contributed by atoms with Gasteiger partial charge in [-0.15, -0.1) is 0 Å². The summed E-state index contributed by atoms with van der Waals surface area (Å²) in [5.74, 6) is 0.0401. The maximum atomic E-state index is 11.6. The summed E-state index contributed by atoms with van der Waals surface area (Å²) in [6.07, 6.45) is 0. The molecule has 3 heteroatoms. The summed E-state index contributed by atoms with van der Waals surface area (Å²) >= 11 is 0. The van der Waals surface area contributed by atoms with Crippen LogP contribution in [0.3, 0.4) is 0 Å². The maximum absolute atomic E-state index is 11.6. The largest absolute Gasteiger partial charge is 0.465 e. The average molecular weight is 188 g/mol. The highest BCUT2D eigenvalue weighted by Gasteiger charge is 2.38. The zero-order chi connectivity index (χ0) is 10.5. The molecule has 0 saturated heterocycles. The van der Waals surface area contributed by atoms with Gasteiger partial charge in [0.1, 0.15) is 0 Å². The van der Waals surface area contributed by atoms with Crippen LogP contribution in [0.2, 0.25) is 0 Å². The molecule has 0 heterocycles. The van der Waals surface area contributed by atoms with Gasteiger partial charge in [-0.05, 0) is 19.8 Å². The fraction of sp³-hybridized carbons (Fsp3) is 0.900. The second-order valence-corrected chi connectivity index (χ2v) is 3.73. The van der Waals surface area contributed by atoms with Crippen molar-refractivity contribution in [1.82, 2.24) is 0 Å². The third-order valence-electron chi connectivity index (χ3n) is 2.46. The first-order chi connectivity index (χ1) is 5.99. The third kappa shape index (κ3) is 2.99. The summed E-state index contributed by atoms with van der Waals surface area (Å²) in [6, 6.07) is 0. The highest BCUT2D eigenvalue weighted by atomic mass is 16.5. The lowest BCUT2D eigenvalue weighted by atomic mass is 9.80. The van der Waals surface area contributed by atoms with Crippen LogP contribution in [0.5, 0.6) is 0 Å². The van der Waals surface area contributed by atoms with Gasteiger partial charge in [-0.25, -0.2) is 0 Å². The van der Waals surface area contributed by atoms with Crippen molar-refractivity contribution in [3.05, 3.63) is 0 Å². The van der Waals surface area contributed by atoms with Gasteiger partial charge in [0.25, 0.3) is 0 Å². The molecule has 0 aromatic rings. The Kier molecular flexibility index (Phi) is 4.99. The van der Waals surface area contributed by atoms with Crippen molar-refractivity contribution in [3.8, 4) is 0 Å². The van der Waals surface area contributed by atoms with Crippen molar-refractivity contribution < 1.29 is 14.3 Å². The molecule has 0 fully saturated rings. The van der Waals surface area contributed by atoms with Gasteiger partial charge in [-0.3, -0.25) is 4.79 Å². The molecule has 0 aromatic carbocycles. The standard InChI is InChI=1S/C10H20O3/c1-6-13-9(11)10(4,7-12-5)8(2)3/h8H,6-7H2,1-5H3. The molecule has 0 aliphatic heterocycles. The quantitative estimate of drug-likeness (QED) is 0.618. The Hall–Kier alpha value is -0.570. The second kappa shape index (κ2) is 5.22. The maximum Gasteiger partial charge on any atom is 0.314 e. The average Bonchev–Trinajstić information content (AvgIpc) is 2.04. The topological polar surface area (TPSA) is 35.5 Å². The van der Waals surface area contributed by atoms with E-state index in [1.165, 1.54) is 0 Å². The molecule has 0 aromatic heterocycles. The minimum atomic E-state index is -0.523. The molecule has 1 unspecified atom stereocenters. The number of carbonyl (C=O) groups excluding carboxylic acids is 1. The van der Waals surface area contributed by atoms with Gasteiger partial charge in [0, 0.05) is 7.11 Å². The van der Waals surface area contributed by atoms with Crippen molar-refractivity contribution >= 4 is 5.97 Å². The fourth-order valence-corrected chi connectivity index (χ4v) is 1.06. The van der Waals surface area contributed by atoms with Crippen LogP contribution in [0, 0.1) is 11.3 Å². The summed E-state index contributed by atoms with van der Waals surface area (Å²) < 4.78 is 10.0. The second-order valence-electron chi connectivity index (χ2n) is 3.73. The monoisotopic (exact) mass is 188 g/mol. The number of rotatable bonds is 5.